The van der Waals surface area contributed by atoms with Crippen LogP contribution in [-0.2, 0) is 19.2 Å². The Morgan fingerprint density at radius 2 is 2.00 bits per heavy atom. The van der Waals surface area contributed by atoms with Crippen molar-refractivity contribution in [1.82, 2.24) is 15.2 Å². The van der Waals surface area contributed by atoms with Crippen LogP contribution in [0.2, 0.25) is 38.8 Å². The smallest absolute Gasteiger partial charge is 0.276 e. The zero-order chi connectivity index (χ0) is 25.9. The Hall–Kier alpha value is -1.77. The Labute approximate surface area is 213 Å². The van der Waals surface area contributed by atoms with Gasteiger partial charge >= 0.3 is 0 Å². The van der Waals surface area contributed by atoms with Crippen LogP contribution in [0.4, 0.5) is 5.13 Å². The Morgan fingerprint density at radius 3 is 2.50 bits per heavy atom. The quantitative estimate of drug-likeness (QED) is 0.117. The molecule has 0 bridgehead atoms. The van der Waals surface area contributed by atoms with Crippen LogP contribution < -0.4 is 10.6 Å². The number of likely N-dealkylation sites (tertiary alicyclic amines) is 1. The lowest BCUT2D eigenvalue weighted by Crippen LogP contribution is -2.82. The number of hydrogen-bond acceptors (Lipinski definition) is 7. The minimum Gasteiger partial charge on any atom is -0.395 e. The molecule has 1 saturated heterocycles. The molecule has 2 N–H and O–H groups in total. The Morgan fingerprint density at radius 1 is 1.35 bits per heavy atom. The van der Waals surface area contributed by atoms with Crippen molar-refractivity contribution in [2.75, 3.05) is 24.3 Å². The van der Waals surface area contributed by atoms with E-state index in [9.17, 15) is 14.4 Å². The molecule has 2 heterocycles. The van der Waals surface area contributed by atoms with E-state index in [1.807, 2.05) is 33.9 Å². The number of rotatable bonds is 10. The topological polar surface area (TPSA) is 113 Å². The molecule has 190 valence electrons. The van der Waals surface area contributed by atoms with Crippen LogP contribution in [0.15, 0.2) is 10.5 Å². The summed E-state index contributed by atoms with van der Waals surface area (Å²) in [6.45, 7) is 17.5. The highest BCUT2D eigenvalue weighted by Gasteiger charge is 2.58. The van der Waals surface area contributed by atoms with E-state index in [1.54, 1.807) is 10.3 Å². The van der Waals surface area contributed by atoms with Gasteiger partial charge in [0, 0.05) is 25.5 Å². The van der Waals surface area contributed by atoms with Crippen molar-refractivity contribution in [1.29, 1.82) is 0 Å². The second-order valence-corrected chi connectivity index (χ2v) is 21.0. The normalized spacial score (nSPS) is 19.2. The molecule has 9 nitrogen and oxygen atoms in total. The SMILES string of the molecule is C[SiH](C)C1(NC(=O)C(=NOCC[Si](C)(C)C)c2csc(NC(=O)CCl)n2)CN(C(C)(C)C)C1=O. The lowest BCUT2D eigenvalue weighted by molar-refractivity contribution is -0.156. The standard InChI is InChI=1S/C21H36ClN5O4SSi2/c1-20(2,3)27-13-21(18(27)30,33(4)5)25-17(29)16(26-31-9-10-34(6,7)8)14-12-32-19(23-14)24-15(28)11-22/h12,33H,9-11,13H2,1-8H3,(H,25,29)(H,23,24,28). The van der Waals surface area contributed by atoms with Gasteiger partial charge < -0.3 is 20.4 Å². The number of carbonyl (C=O) groups excluding carboxylic acids is 3. The molecule has 2 rings (SSSR count). The first-order valence-electron chi connectivity index (χ1n) is 11.3. The zero-order valence-corrected chi connectivity index (χ0v) is 25.0. The molecule has 13 heteroatoms. The van der Waals surface area contributed by atoms with E-state index in [4.69, 9.17) is 16.4 Å². The van der Waals surface area contributed by atoms with Crippen molar-refractivity contribution in [3.63, 3.8) is 0 Å². The number of aromatic nitrogens is 1. The van der Waals surface area contributed by atoms with Crippen LogP contribution in [0.5, 0.6) is 0 Å². The summed E-state index contributed by atoms with van der Waals surface area (Å²) in [6.07, 6.45) is 0. The highest BCUT2D eigenvalue weighted by molar-refractivity contribution is 7.14. The maximum absolute atomic E-state index is 13.4. The van der Waals surface area contributed by atoms with E-state index in [1.165, 1.54) is 0 Å². The first kappa shape index (κ1) is 28.5. The first-order valence-corrected chi connectivity index (χ1v) is 19.3. The molecule has 0 spiro atoms. The molecular weight excluding hydrogens is 510 g/mol. The maximum Gasteiger partial charge on any atom is 0.276 e. The van der Waals surface area contributed by atoms with Gasteiger partial charge in [0.15, 0.2) is 10.8 Å². The number of alkyl halides is 1. The van der Waals surface area contributed by atoms with Crippen LogP contribution in [0.1, 0.15) is 26.5 Å². The monoisotopic (exact) mass is 545 g/mol. The number of halogens is 1. The highest BCUT2D eigenvalue weighted by Crippen LogP contribution is 2.32. The fourth-order valence-electron chi connectivity index (χ4n) is 3.27. The van der Waals surface area contributed by atoms with Gasteiger partial charge in [0.2, 0.25) is 11.8 Å². The van der Waals surface area contributed by atoms with Gasteiger partial charge in [-0.05, 0) is 26.8 Å². The molecule has 1 aliphatic rings. The summed E-state index contributed by atoms with van der Waals surface area (Å²) in [6, 6.07) is 0.876. The third-order valence-corrected chi connectivity index (χ3v) is 10.8. The lowest BCUT2D eigenvalue weighted by Gasteiger charge is -2.56. The third-order valence-electron chi connectivity index (χ3n) is 5.60. The molecule has 0 radical (unpaired) electrons. The van der Waals surface area contributed by atoms with E-state index in [2.05, 4.69) is 40.4 Å². The van der Waals surface area contributed by atoms with Gasteiger partial charge in [-0.2, -0.15) is 0 Å². The zero-order valence-electron chi connectivity index (χ0n) is 21.2. The van der Waals surface area contributed by atoms with E-state index in [0.717, 1.165) is 17.4 Å². The number of carbonyl (C=O) groups is 3. The summed E-state index contributed by atoms with van der Waals surface area (Å²) in [4.78, 5) is 49.9. The van der Waals surface area contributed by atoms with Crippen LogP contribution in [0.25, 0.3) is 0 Å². The number of β-lactam (4-membered cyclic amide) rings is 1. The van der Waals surface area contributed by atoms with Gasteiger partial charge in [-0.1, -0.05) is 37.9 Å². The fourth-order valence-corrected chi connectivity index (χ4v) is 6.37. The molecule has 1 atom stereocenters. The summed E-state index contributed by atoms with van der Waals surface area (Å²) in [5.74, 6) is -1.19. The lowest BCUT2D eigenvalue weighted by atomic mass is 9.95. The molecular formula is C21H36ClN5O4SSi2. The van der Waals surface area contributed by atoms with Gasteiger partial charge in [-0.3, -0.25) is 14.4 Å². The van der Waals surface area contributed by atoms with E-state index in [-0.39, 0.29) is 28.7 Å². The number of nitrogens with zero attached hydrogens (tertiary/aromatic N) is 3. The predicted octanol–water partition coefficient (Wildman–Crippen LogP) is 2.90. The number of thiazole rings is 1. The number of hydrogen-bond donors (Lipinski definition) is 2. The van der Waals surface area contributed by atoms with Crippen molar-refractivity contribution in [2.45, 2.75) is 70.3 Å². The minimum absolute atomic E-state index is 0.0192. The number of nitrogens with one attached hydrogen (secondary N) is 2. The molecule has 1 aliphatic heterocycles. The molecule has 1 aromatic heterocycles. The molecule has 0 aliphatic carbocycles. The van der Waals surface area contributed by atoms with Crippen molar-refractivity contribution in [3.05, 3.63) is 11.1 Å². The molecule has 1 fully saturated rings. The Bertz CT molecular complexity index is 958. The van der Waals surface area contributed by atoms with Crippen molar-refractivity contribution in [3.8, 4) is 0 Å². The molecule has 1 unspecified atom stereocenters. The number of amides is 3. The first-order chi connectivity index (χ1) is 15.6. The van der Waals surface area contributed by atoms with Crippen LogP contribution >= 0.6 is 22.9 Å². The minimum atomic E-state index is -1.65. The van der Waals surface area contributed by atoms with Crippen LogP contribution in [0.3, 0.4) is 0 Å². The van der Waals surface area contributed by atoms with Gasteiger partial charge in [0.05, 0.1) is 8.80 Å². The second kappa shape index (κ2) is 10.9. The van der Waals surface area contributed by atoms with E-state index in [0.29, 0.717) is 18.3 Å². The Kier molecular flexibility index (Phi) is 9.11. The van der Waals surface area contributed by atoms with Crippen molar-refractivity contribution >= 4 is 68.4 Å². The number of oxime groups is 1. The Balaban J connectivity index is 2.30. The summed E-state index contributed by atoms with van der Waals surface area (Å²) in [5, 5.41) is 10.7. The second-order valence-electron chi connectivity index (χ2n) is 10.9. The summed E-state index contributed by atoms with van der Waals surface area (Å²) in [5.41, 5.74) is -0.0785. The molecule has 3 amide bonds. The predicted molar refractivity (Wildman–Crippen MR) is 143 cm³/mol. The van der Waals surface area contributed by atoms with Gasteiger partial charge in [0.1, 0.15) is 23.3 Å². The third kappa shape index (κ3) is 6.89. The highest BCUT2D eigenvalue weighted by atomic mass is 35.5. The fraction of sp³-hybridized carbons (Fsp3) is 0.667. The van der Waals surface area contributed by atoms with E-state index >= 15 is 0 Å². The average Bonchev–Trinajstić information content (AvgIpc) is 3.15. The molecule has 1 aromatic rings. The summed E-state index contributed by atoms with van der Waals surface area (Å²) in [7, 11) is -3.00. The van der Waals surface area contributed by atoms with Crippen molar-refractivity contribution in [2.24, 2.45) is 5.16 Å². The number of anilines is 1. The van der Waals surface area contributed by atoms with Gasteiger partial charge in [0.25, 0.3) is 5.91 Å². The summed E-state index contributed by atoms with van der Waals surface area (Å²) >= 11 is 6.71. The molecule has 0 aromatic carbocycles. The largest absolute Gasteiger partial charge is 0.395 e. The average molecular weight is 546 g/mol. The van der Waals surface area contributed by atoms with Crippen molar-refractivity contribution < 1.29 is 19.2 Å². The van der Waals surface area contributed by atoms with Crippen LogP contribution in [0, 0.1) is 0 Å². The van der Waals surface area contributed by atoms with Gasteiger partial charge in [-0.15, -0.1) is 22.9 Å². The maximum atomic E-state index is 13.4. The molecule has 0 saturated carbocycles. The molecule has 34 heavy (non-hydrogen) atoms. The summed E-state index contributed by atoms with van der Waals surface area (Å²) < 4.78 is 0. The van der Waals surface area contributed by atoms with E-state index < -0.39 is 33.8 Å². The van der Waals surface area contributed by atoms with Crippen LogP contribution in [-0.4, -0.2) is 79.9 Å². The van der Waals surface area contributed by atoms with Gasteiger partial charge in [-0.25, -0.2) is 4.98 Å².